The molecule has 124 valence electrons. The highest BCUT2D eigenvalue weighted by atomic mass is 32.2. The topological polar surface area (TPSA) is 105 Å². The summed E-state index contributed by atoms with van der Waals surface area (Å²) in [5.74, 6) is 0.428. The van der Waals surface area contributed by atoms with Crippen LogP contribution in [0, 0.1) is 0 Å². The molecule has 0 spiro atoms. The first-order chi connectivity index (χ1) is 10.9. The maximum absolute atomic E-state index is 12.1. The van der Waals surface area contributed by atoms with Crippen molar-refractivity contribution >= 4 is 38.6 Å². The van der Waals surface area contributed by atoms with E-state index in [0.29, 0.717) is 17.3 Å². The molecule has 1 amide bonds. The van der Waals surface area contributed by atoms with Crippen molar-refractivity contribution in [3.63, 3.8) is 0 Å². The highest BCUT2D eigenvalue weighted by molar-refractivity contribution is 8.14. The van der Waals surface area contributed by atoms with Gasteiger partial charge in [0, 0.05) is 24.3 Å². The zero-order valence-electron chi connectivity index (χ0n) is 12.5. The van der Waals surface area contributed by atoms with E-state index < -0.39 is 10.0 Å². The van der Waals surface area contributed by atoms with E-state index in [2.05, 4.69) is 15.0 Å². The predicted molar refractivity (Wildman–Crippen MR) is 89.2 cm³/mol. The van der Waals surface area contributed by atoms with Crippen molar-refractivity contribution in [1.82, 2.24) is 10.0 Å². The van der Waals surface area contributed by atoms with Gasteiger partial charge in [0.2, 0.25) is 15.9 Å². The number of thioether (sulfide) groups is 1. The lowest BCUT2D eigenvalue weighted by molar-refractivity contribution is -0.119. The first-order valence-corrected chi connectivity index (χ1v) is 9.43. The standard InChI is InChI=1S/C14H17N3O4S2/c1-10(18)11-2-4-12(5-3-11)23(20,21)16-7-6-13(19)17-14-15-8-9-22-14/h2-5,16H,6-9H2,1H3,(H,15,17,19). The molecule has 1 aromatic carbocycles. The number of benzene rings is 1. The third-order valence-corrected chi connectivity index (χ3v) is 5.42. The number of carbonyl (C=O) groups is 2. The van der Waals surface area contributed by atoms with E-state index in [0.717, 1.165) is 5.75 Å². The molecule has 2 N–H and O–H groups in total. The Morgan fingerprint density at radius 2 is 1.96 bits per heavy atom. The summed E-state index contributed by atoms with van der Waals surface area (Å²) in [5.41, 5.74) is 0.443. The fraction of sp³-hybridized carbons (Fsp3) is 0.357. The minimum Gasteiger partial charge on any atom is -0.305 e. The highest BCUT2D eigenvalue weighted by Crippen LogP contribution is 2.11. The molecule has 7 nitrogen and oxygen atoms in total. The lowest BCUT2D eigenvalue weighted by Crippen LogP contribution is -2.32. The van der Waals surface area contributed by atoms with Gasteiger partial charge >= 0.3 is 0 Å². The van der Waals surface area contributed by atoms with Gasteiger partial charge in [-0.1, -0.05) is 23.9 Å². The fourth-order valence-electron chi connectivity index (χ4n) is 1.84. The number of nitrogens with one attached hydrogen (secondary N) is 2. The van der Waals surface area contributed by atoms with Gasteiger partial charge in [-0.05, 0) is 19.1 Å². The third-order valence-electron chi connectivity index (χ3n) is 3.05. The van der Waals surface area contributed by atoms with Gasteiger partial charge in [0.25, 0.3) is 0 Å². The van der Waals surface area contributed by atoms with Crippen LogP contribution in [0.3, 0.4) is 0 Å². The molecule has 9 heteroatoms. The van der Waals surface area contributed by atoms with E-state index in [4.69, 9.17) is 0 Å². The number of ketones is 1. The second kappa shape index (κ2) is 7.71. The molecular formula is C14H17N3O4S2. The Morgan fingerprint density at radius 3 is 2.52 bits per heavy atom. The van der Waals surface area contributed by atoms with Crippen molar-refractivity contribution in [2.75, 3.05) is 18.8 Å². The van der Waals surface area contributed by atoms with Crippen LogP contribution in [0.4, 0.5) is 0 Å². The number of Topliss-reactive ketones (excluding diaryl/α,β-unsaturated/α-hetero) is 1. The highest BCUT2D eigenvalue weighted by Gasteiger charge is 2.15. The van der Waals surface area contributed by atoms with E-state index in [1.165, 1.54) is 43.0 Å². The van der Waals surface area contributed by atoms with Gasteiger partial charge in [-0.2, -0.15) is 0 Å². The van der Waals surface area contributed by atoms with Crippen molar-refractivity contribution in [3.8, 4) is 0 Å². The van der Waals surface area contributed by atoms with Crippen molar-refractivity contribution in [2.45, 2.75) is 18.2 Å². The number of hydrogen-bond acceptors (Lipinski definition) is 6. The number of nitrogens with zero attached hydrogens (tertiary/aromatic N) is 1. The SMILES string of the molecule is CC(=O)c1ccc(S(=O)(=O)NCCC(=O)NC2=NCCS2)cc1. The second-order valence-electron chi connectivity index (χ2n) is 4.81. The second-order valence-corrected chi connectivity index (χ2v) is 7.66. The molecule has 23 heavy (non-hydrogen) atoms. The summed E-state index contributed by atoms with van der Waals surface area (Å²) in [7, 11) is -3.70. The summed E-state index contributed by atoms with van der Waals surface area (Å²) in [6, 6.07) is 5.64. The van der Waals surface area contributed by atoms with Gasteiger partial charge in [-0.3, -0.25) is 14.6 Å². The van der Waals surface area contributed by atoms with Gasteiger partial charge in [-0.15, -0.1) is 0 Å². The molecule has 0 saturated heterocycles. The molecule has 0 aromatic heterocycles. The molecule has 0 bridgehead atoms. The number of sulfonamides is 1. The van der Waals surface area contributed by atoms with Gasteiger partial charge in [0.1, 0.15) is 0 Å². The number of amidine groups is 1. The Hall–Kier alpha value is -1.71. The van der Waals surface area contributed by atoms with Gasteiger partial charge < -0.3 is 5.32 Å². The molecule has 1 aromatic rings. The third kappa shape index (κ3) is 5.15. The van der Waals surface area contributed by atoms with Crippen LogP contribution in [-0.4, -0.2) is 44.1 Å². The van der Waals surface area contributed by atoms with Crippen LogP contribution in [0.15, 0.2) is 34.2 Å². The molecule has 1 aliphatic heterocycles. The monoisotopic (exact) mass is 355 g/mol. The number of rotatable bonds is 6. The molecule has 0 aliphatic carbocycles. The number of amides is 1. The van der Waals surface area contributed by atoms with Crippen molar-refractivity contribution in [3.05, 3.63) is 29.8 Å². The minimum atomic E-state index is -3.70. The summed E-state index contributed by atoms with van der Waals surface area (Å²) in [4.78, 5) is 27.0. The summed E-state index contributed by atoms with van der Waals surface area (Å²) in [6.45, 7) is 2.08. The minimum absolute atomic E-state index is 0.0133. The lowest BCUT2D eigenvalue weighted by atomic mass is 10.2. The number of hydrogen-bond donors (Lipinski definition) is 2. The van der Waals surface area contributed by atoms with Crippen LogP contribution in [0.2, 0.25) is 0 Å². The molecule has 0 fully saturated rings. The number of carbonyl (C=O) groups excluding carboxylic acids is 2. The van der Waals surface area contributed by atoms with E-state index in [-0.39, 0.29) is 29.6 Å². The van der Waals surface area contributed by atoms with Crippen molar-refractivity contribution in [1.29, 1.82) is 0 Å². The summed E-state index contributed by atoms with van der Waals surface area (Å²) >= 11 is 1.46. The van der Waals surface area contributed by atoms with E-state index >= 15 is 0 Å². The Balaban J connectivity index is 1.85. The normalized spacial score (nSPS) is 14.4. The molecule has 0 radical (unpaired) electrons. The maximum atomic E-state index is 12.1. The van der Waals surface area contributed by atoms with Crippen LogP contribution < -0.4 is 10.0 Å². The van der Waals surface area contributed by atoms with E-state index in [1.807, 2.05) is 0 Å². The van der Waals surface area contributed by atoms with Gasteiger partial charge in [0.05, 0.1) is 11.4 Å². The lowest BCUT2D eigenvalue weighted by Gasteiger charge is -2.07. The average molecular weight is 355 g/mol. The fourth-order valence-corrected chi connectivity index (χ4v) is 3.62. The van der Waals surface area contributed by atoms with Crippen LogP contribution >= 0.6 is 11.8 Å². The Morgan fingerprint density at radius 1 is 1.26 bits per heavy atom. The van der Waals surface area contributed by atoms with Gasteiger partial charge in [-0.25, -0.2) is 13.1 Å². The molecule has 0 atom stereocenters. The molecular weight excluding hydrogens is 338 g/mol. The van der Waals surface area contributed by atoms with Crippen molar-refractivity contribution in [2.24, 2.45) is 4.99 Å². The first kappa shape index (κ1) is 17.6. The molecule has 1 heterocycles. The Kier molecular flexibility index (Phi) is 5.91. The van der Waals surface area contributed by atoms with Crippen LogP contribution in [0.1, 0.15) is 23.7 Å². The molecule has 0 saturated carbocycles. The Labute approximate surface area is 139 Å². The zero-order valence-corrected chi connectivity index (χ0v) is 14.2. The average Bonchev–Trinajstić information content (AvgIpc) is 3.00. The smallest absolute Gasteiger partial charge is 0.240 e. The summed E-state index contributed by atoms with van der Waals surface area (Å²) in [6.07, 6.45) is 0.0182. The van der Waals surface area contributed by atoms with Gasteiger partial charge in [0.15, 0.2) is 11.0 Å². The quantitative estimate of drug-likeness (QED) is 0.734. The summed E-state index contributed by atoms with van der Waals surface area (Å²) < 4.78 is 26.5. The summed E-state index contributed by atoms with van der Waals surface area (Å²) in [5, 5.41) is 3.21. The first-order valence-electron chi connectivity index (χ1n) is 6.96. The Bertz CT molecular complexity index is 727. The molecule has 0 unspecified atom stereocenters. The van der Waals surface area contributed by atoms with Crippen LogP contribution in [0.5, 0.6) is 0 Å². The van der Waals surface area contributed by atoms with E-state index in [1.54, 1.807) is 0 Å². The number of aliphatic imine (C=N–C) groups is 1. The van der Waals surface area contributed by atoms with E-state index in [9.17, 15) is 18.0 Å². The molecule has 2 rings (SSSR count). The predicted octanol–water partition coefficient (Wildman–Crippen LogP) is 0.777. The molecule has 1 aliphatic rings. The van der Waals surface area contributed by atoms with Crippen LogP contribution in [-0.2, 0) is 14.8 Å². The van der Waals surface area contributed by atoms with Crippen LogP contribution in [0.25, 0.3) is 0 Å². The largest absolute Gasteiger partial charge is 0.305 e. The van der Waals surface area contributed by atoms with Crippen molar-refractivity contribution < 1.29 is 18.0 Å². The zero-order chi connectivity index (χ0) is 16.9. The maximum Gasteiger partial charge on any atom is 0.240 e.